The molecule has 2 aromatic rings. The second-order valence-electron chi connectivity index (χ2n) is 8.09. The smallest absolute Gasteiger partial charge is 0.169 e. The van der Waals surface area contributed by atoms with Crippen molar-refractivity contribution in [3.05, 3.63) is 65.2 Å². The number of ketones is 1. The van der Waals surface area contributed by atoms with Crippen LogP contribution in [0, 0.1) is 0 Å². The first kappa shape index (κ1) is 22.5. The van der Waals surface area contributed by atoms with Gasteiger partial charge in [-0.3, -0.25) is 9.79 Å². The molecule has 0 amide bonds. The Kier molecular flexibility index (Phi) is 8.58. The van der Waals surface area contributed by atoms with Gasteiger partial charge in [-0.15, -0.1) is 0 Å². The molecule has 2 nitrogen and oxygen atoms in total. The van der Waals surface area contributed by atoms with Gasteiger partial charge in [-0.25, -0.2) is 0 Å². The van der Waals surface area contributed by atoms with Crippen LogP contribution >= 0.6 is 7.92 Å². The Labute approximate surface area is 172 Å². The summed E-state index contributed by atoms with van der Waals surface area (Å²) < 4.78 is 0. The monoisotopic (exact) mass is 395 g/mol. The van der Waals surface area contributed by atoms with Crippen LogP contribution < -0.4 is 5.30 Å². The fourth-order valence-corrected chi connectivity index (χ4v) is 4.79. The number of carbonyl (C=O) groups is 1. The van der Waals surface area contributed by atoms with E-state index in [1.165, 1.54) is 5.30 Å². The molecule has 2 aromatic carbocycles. The van der Waals surface area contributed by atoms with Crippen LogP contribution in [0.25, 0.3) is 0 Å². The molecule has 0 saturated heterocycles. The van der Waals surface area contributed by atoms with E-state index in [-0.39, 0.29) is 13.7 Å². The van der Waals surface area contributed by atoms with Crippen molar-refractivity contribution in [1.82, 2.24) is 0 Å². The lowest BCUT2D eigenvalue weighted by atomic mass is 9.85. The lowest BCUT2D eigenvalue weighted by molar-refractivity contribution is 0.0998. The van der Waals surface area contributed by atoms with Gasteiger partial charge in [-0.2, -0.15) is 0 Å². The predicted molar refractivity (Wildman–Crippen MR) is 125 cm³/mol. The molecule has 0 radical (unpaired) electrons. The first-order valence-electron chi connectivity index (χ1n) is 10.2. The molecule has 0 aliphatic carbocycles. The molecule has 0 fully saturated rings. The Balaban J connectivity index is 2.07. The van der Waals surface area contributed by atoms with E-state index in [1.807, 2.05) is 6.92 Å². The van der Waals surface area contributed by atoms with E-state index >= 15 is 0 Å². The van der Waals surface area contributed by atoms with Crippen molar-refractivity contribution in [2.75, 3.05) is 19.4 Å². The third kappa shape index (κ3) is 6.11. The number of Topliss-reactive ketones (excluding diaryl/α,β-unsaturated/α-hetero) is 1. The standard InChI is InChI=1S/C25H34NOP/c1-18(2)22-13-10-14-23(19(3)4)25(22)24(27)17-20(5)26-15-16-28(6)21-11-8-7-9-12-21/h7-14,18-19H,15-17H2,1-6H3. The summed E-state index contributed by atoms with van der Waals surface area (Å²) >= 11 is 0. The highest BCUT2D eigenvalue weighted by Gasteiger charge is 2.20. The molecule has 0 saturated carbocycles. The minimum Gasteiger partial charge on any atom is -0.294 e. The second kappa shape index (κ2) is 10.7. The van der Waals surface area contributed by atoms with Crippen LogP contribution in [0.4, 0.5) is 0 Å². The Bertz CT molecular complexity index is 782. The molecule has 2 rings (SSSR count). The number of benzene rings is 2. The summed E-state index contributed by atoms with van der Waals surface area (Å²) in [6.45, 7) is 13.7. The SMILES string of the molecule is CC(CC(=O)c1c(C(C)C)cccc1C(C)C)=NCCP(C)c1ccccc1. The lowest BCUT2D eigenvalue weighted by Crippen LogP contribution is -2.14. The Morgan fingerprint density at radius 3 is 2.04 bits per heavy atom. The molecule has 0 bridgehead atoms. The number of nitrogens with zero attached hydrogens (tertiary/aromatic N) is 1. The first-order valence-corrected chi connectivity index (χ1v) is 12.2. The fourth-order valence-electron chi connectivity index (χ4n) is 3.45. The molecule has 0 aliphatic heterocycles. The van der Waals surface area contributed by atoms with Crippen molar-refractivity contribution in [3.63, 3.8) is 0 Å². The number of carbonyl (C=O) groups excluding carboxylic acids is 1. The van der Waals surface area contributed by atoms with Crippen molar-refractivity contribution in [3.8, 4) is 0 Å². The minimum atomic E-state index is -0.190. The second-order valence-corrected chi connectivity index (χ2v) is 10.5. The van der Waals surface area contributed by atoms with Crippen LogP contribution in [0.3, 0.4) is 0 Å². The van der Waals surface area contributed by atoms with Gasteiger partial charge in [0.2, 0.25) is 0 Å². The average molecular weight is 396 g/mol. The van der Waals surface area contributed by atoms with Crippen LogP contribution in [0.15, 0.2) is 53.5 Å². The molecule has 28 heavy (non-hydrogen) atoms. The van der Waals surface area contributed by atoms with Gasteiger partial charge in [0.15, 0.2) is 5.78 Å². The van der Waals surface area contributed by atoms with Crippen molar-refractivity contribution in [2.45, 2.75) is 52.9 Å². The number of hydrogen-bond acceptors (Lipinski definition) is 2. The van der Waals surface area contributed by atoms with Gasteiger partial charge in [0, 0.05) is 24.2 Å². The molecule has 1 atom stereocenters. The largest absolute Gasteiger partial charge is 0.294 e. The summed E-state index contributed by atoms with van der Waals surface area (Å²) in [4.78, 5) is 17.9. The summed E-state index contributed by atoms with van der Waals surface area (Å²) in [6.07, 6.45) is 1.47. The maximum atomic E-state index is 13.1. The maximum absolute atomic E-state index is 13.1. The Morgan fingerprint density at radius 1 is 0.929 bits per heavy atom. The predicted octanol–water partition coefficient (Wildman–Crippen LogP) is 6.40. The van der Waals surface area contributed by atoms with Gasteiger partial charge < -0.3 is 0 Å². The summed E-state index contributed by atoms with van der Waals surface area (Å²) in [7, 11) is -0.190. The highest BCUT2D eigenvalue weighted by atomic mass is 31.1. The van der Waals surface area contributed by atoms with E-state index < -0.39 is 0 Å². The van der Waals surface area contributed by atoms with E-state index in [1.54, 1.807) is 0 Å². The number of rotatable bonds is 9. The zero-order valence-corrected chi connectivity index (χ0v) is 19.1. The number of hydrogen-bond donors (Lipinski definition) is 0. The molecular weight excluding hydrogens is 361 g/mol. The van der Waals surface area contributed by atoms with Crippen LogP contribution in [0.1, 0.15) is 74.4 Å². The van der Waals surface area contributed by atoms with Gasteiger partial charge in [0.05, 0.1) is 0 Å². The van der Waals surface area contributed by atoms with E-state index in [2.05, 4.69) is 82.9 Å². The van der Waals surface area contributed by atoms with E-state index in [0.29, 0.717) is 18.3 Å². The molecule has 3 heteroatoms. The van der Waals surface area contributed by atoms with Crippen molar-refractivity contribution >= 4 is 24.7 Å². The van der Waals surface area contributed by atoms with Crippen LogP contribution in [-0.4, -0.2) is 30.9 Å². The molecule has 150 valence electrons. The maximum Gasteiger partial charge on any atom is 0.169 e. The zero-order valence-electron chi connectivity index (χ0n) is 18.2. The quantitative estimate of drug-likeness (QED) is 0.274. The van der Waals surface area contributed by atoms with E-state index in [0.717, 1.165) is 35.1 Å². The third-order valence-electron chi connectivity index (χ3n) is 5.08. The zero-order chi connectivity index (χ0) is 20.7. The fraction of sp³-hybridized carbons (Fsp3) is 0.440. The van der Waals surface area contributed by atoms with Crippen molar-refractivity contribution in [1.29, 1.82) is 0 Å². The molecular formula is C25H34NOP. The summed E-state index contributed by atoms with van der Waals surface area (Å²) in [5.74, 6) is 0.880. The van der Waals surface area contributed by atoms with Gasteiger partial charge >= 0.3 is 0 Å². The normalized spacial score (nSPS) is 13.2. The van der Waals surface area contributed by atoms with Crippen LogP contribution in [0.5, 0.6) is 0 Å². The van der Waals surface area contributed by atoms with Crippen LogP contribution in [-0.2, 0) is 0 Å². The van der Waals surface area contributed by atoms with Gasteiger partial charge in [-0.1, -0.05) is 84.1 Å². The molecule has 0 heterocycles. The highest BCUT2D eigenvalue weighted by molar-refractivity contribution is 7.64. The first-order chi connectivity index (χ1) is 13.3. The minimum absolute atomic E-state index is 0.190. The van der Waals surface area contributed by atoms with Crippen molar-refractivity contribution in [2.24, 2.45) is 4.99 Å². The van der Waals surface area contributed by atoms with E-state index in [4.69, 9.17) is 4.99 Å². The topological polar surface area (TPSA) is 29.4 Å². The van der Waals surface area contributed by atoms with Crippen molar-refractivity contribution < 1.29 is 4.79 Å². The van der Waals surface area contributed by atoms with Gasteiger partial charge in [0.1, 0.15) is 0 Å². The summed E-state index contributed by atoms with van der Waals surface area (Å²) in [5, 5.41) is 1.41. The third-order valence-corrected chi connectivity index (χ3v) is 7.13. The number of aliphatic imine (C=N–C) groups is 1. The summed E-state index contributed by atoms with van der Waals surface area (Å²) in [5.41, 5.74) is 4.18. The van der Waals surface area contributed by atoms with E-state index in [9.17, 15) is 4.79 Å². The highest BCUT2D eigenvalue weighted by Crippen LogP contribution is 2.30. The van der Waals surface area contributed by atoms with Gasteiger partial charge in [0.25, 0.3) is 0 Å². The molecule has 1 unspecified atom stereocenters. The lowest BCUT2D eigenvalue weighted by Gasteiger charge is -2.18. The molecule has 0 aliphatic rings. The average Bonchev–Trinajstić information content (AvgIpc) is 2.67. The Hall–Kier alpha value is -1.79. The summed E-state index contributed by atoms with van der Waals surface area (Å²) in [6, 6.07) is 16.9. The Morgan fingerprint density at radius 2 is 1.50 bits per heavy atom. The van der Waals surface area contributed by atoms with Gasteiger partial charge in [-0.05, 0) is 48.0 Å². The van der Waals surface area contributed by atoms with Crippen LogP contribution in [0.2, 0.25) is 0 Å². The molecule has 0 N–H and O–H groups in total. The molecule has 0 aromatic heterocycles. The molecule has 0 spiro atoms.